The summed E-state index contributed by atoms with van der Waals surface area (Å²) in [5.41, 5.74) is 1.39. The fourth-order valence-electron chi connectivity index (χ4n) is 2.31. The van der Waals surface area contributed by atoms with Gasteiger partial charge in [0.05, 0.1) is 7.11 Å². The summed E-state index contributed by atoms with van der Waals surface area (Å²) in [7, 11) is 0.258. The van der Waals surface area contributed by atoms with Gasteiger partial charge in [-0.15, -0.1) is 0 Å². The number of hydrogen-bond acceptors (Lipinski definition) is 2. The molecule has 0 radical (unpaired) electrons. The van der Waals surface area contributed by atoms with Crippen LogP contribution in [0.1, 0.15) is 18.4 Å². The van der Waals surface area contributed by atoms with E-state index in [2.05, 4.69) is 18.7 Å². The van der Waals surface area contributed by atoms with Gasteiger partial charge in [-0.3, -0.25) is 0 Å². The van der Waals surface area contributed by atoms with Gasteiger partial charge >= 0.3 is 0 Å². The topological polar surface area (TPSA) is 18.5 Å². The number of ether oxygens (including phenoxy) is 1. The third-order valence-corrected chi connectivity index (χ3v) is 6.76. The maximum atomic E-state index is 6.03. The highest BCUT2D eigenvalue weighted by atomic mass is 28.4. The highest BCUT2D eigenvalue weighted by Crippen LogP contribution is 2.25. The summed E-state index contributed by atoms with van der Waals surface area (Å²) in [6.07, 6.45) is 2.59. The Hall–Kier alpha value is -0.803. The minimum absolute atomic E-state index is 0.931. The van der Waals surface area contributed by atoms with Crippen molar-refractivity contribution in [3.8, 4) is 5.75 Å². The number of hydrogen-bond donors (Lipinski definition) is 0. The van der Waals surface area contributed by atoms with E-state index in [4.69, 9.17) is 9.16 Å². The van der Waals surface area contributed by atoms with Crippen molar-refractivity contribution in [3.63, 3.8) is 0 Å². The largest absolute Gasteiger partial charge is 0.497 e. The van der Waals surface area contributed by atoms with Crippen molar-refractivity contribution >= 4 is 8.32 Å². The molecule has 0 aliphatic carbocycles. The van der Waals surface area contributed by atoms with Crippen molar-refractivity contribution in [3.05, 3.63) is 29.8 Å². The van der Waals surface area contributed by atoms with Crippen LogP contribution in [0, 0.1) is 0 Å². The molecule has 2 rings (SSSR count). The minimum atomic E-state index is -1.45. The Morgan fingerprint density at radius 1 is 1.25 bits per heavy atom. The molecule has 0 aromatic heterocycles. The Morgan fingerprint density at radius 3 is 2.56 bits per heavy atom. The fraction of sp³-hybridized carbons (Fsp3) is 0.538. The first-order valence-electron chi connectivity index (χ1n) is 5.99. The van der Waals surface area contributed by atoms with E-state index in [1.54, 1.807) is 7.11 Å². The molecule has 16 heavy (non-hydrogen) atoms. The SMILES string of the molecule is COc1ccc(C[Si]2(C)CCCCO2)cc1. The van der Waals surface area contributed by atoms with Crippen molar-refractivity contribution in [2.24, 2.45) is 0 Å². The Morgan fingerprint density at radius 2 is 2.00 bits per heavy atom. The van der Waals surface area contributed by atoms with Crippen molar-refractivity contribution in [2.45, 2.75) is 31.5 Å². The van der Waals surface area contributed by atoms with Crippen LogP contribution >= 0.6 is 0 Å². The summed E-state index contributed by atoms with van der Waals surface area (Å²) in [4.78, 5) is 0. The molecule has 0 spiro atoms. The van der Waals surface area contributed by atoms with Crippen LogP contribution in [0.2, 0.25) is 12.6 Å². The normalized spacial score (nSPS) is 25.4. The number of rotatable bonds is 3. The van der Waals surface area contributed by atoms with Gasteiger partial charge in [0.25, 0.3) is 0 Å². The molecule has 0 bridgehead atoms. The Labute approximate surface area is 98.7 Å². The van der Waals surface area contributed by atoms with Crippen LogP contribution in [0.15, 0.2) is 24.3 Å². The smallest absolute Gasteiger partial charge is 0.194 e. The molecule has 1 fully saturated rings. The molecule has 0 saturated carbocycles. The summed E-state index contributed by atoms with van der Waals surface area (Å²) in [5.74, 6) is 0.931. The van der Waals surface area contributed by atoms with Crippen LogP contribution in [0.5, 0.6) is 5.75 Å². The maximum Gasteiger partial charge on any atom is 0.194 e. The van der Waals surface area contributed by atoms with Gasteiger partial charge < -0.3 is 9.16 Å². The van der Waals surface area contributed by atoms with Crippen LogP contribution in [0.4, 0.5) is 0 Å². The zero-order chi connectivity index (χ0) is 11.4. The molecule has 1 atom stereocenters. The van der Waals surface area contributed by atoms with Gasteiger partial charge in [-0.05, 0) is 42.8 Å². The van der Waals surface area contributed by atoms with E-state index in [0.717, 1.165) is 18.4 Å². The monoisotopic (exact) mass is 236 g/mol. The Bertz CT molecular complexity index is 328. The molecular formula is C13H20O2Si. The molecule has 1 aromatic carbocycles. The Kier molecular flexibility index (Phi) is 3.66. The van der Waals surface area contributed by atoms with Gasteiger partial charge in [0, 0.05) is 6.61 Å². The minimum Gasteiger partial charge on any atom is -0.497 e. The fourth-order valence-corrected chi connectivity index (χ4v) is 5.46. The lowest BCUT2D eigenvalue weighted by Crippen LogP contribution is -2.40. The molecule has 1 aromatic rings. The van der Waals surface area contributed by atoms with Gasteiger partial charge in [-0.2, -0.15) is 0 Å². The third-order valence-electron chi connectivity index (χ3n) is 3.29. The quantitative estimate of drug-likeness (QED) is 0.751. The predicted molar refractivity (Wildman–Crippen MR) is 68.3 cm³/mol. The van der Waals surface area contributed by atoms with E-state index >= 15 is 0 Å². The van der Waals surface area contributed by atoms with Crippen LogP contribution in [0.25, 0.3) is 0 Å². The highest BCUT2D eigenvalue weighted by Gasteiger charge is 2.31. The van der Waals surface area contributed by atoms with E-state index in [1.807, 2.05) is 12.1 Å². The summed E-state index contributed by atoms with van der Waals surface area (Å²) < 4.78 is 11.2. The van der Waals surface area contributed by atoms with Crippen molar-refractivity contribution < 1.29 is 9.16 Å². The standard InChI is InChI=1S/C13H20O2Si/c1-14-13-7-5-12(6-8-13)11-16(2)10-4-3-9-15-16/h5-8H,3-4,9-11H2,1-2H3. The first-order valence-corrected chi connectivity index (χ1v) is 8.81. The van der Waals surface area contributed by atoms with Crippen molar-refractivity contribution in [1.29, 1.82) is 0 Å². The molecule has 0 amide bonds. The zero-order valence-corrected chi connectivity index (χ0v) is 11.2. The van der Waals surface area contributed by atoms with Gasteiger partial charge in [0.2, 0.25) is 0 Å². The summed E-state index contributed by atoms with van der Waals surface area (Å²) in [5, 5.41) is 0. The lowest BCUT2D eigenvalue weighted by Gasteiger charge is -2.31. The van der Waals surface area contributed by atoms with Gasteiger partial charge in [-0.1, -0.05) is 18.6 Å². The lowest BCUT2D eigenvalue weighted by atomic mass is 10.2. The summed E-state index contributed by atoms with van der Waals surface area (Å²) in [6.45, 7) is 3.33. The second-order valence-corrected chi connectivity index (χ2v) is 8.82. The van der Waals surface area contributed by atoms with Crippen LogP contribution in [-0.4, -0.2) is 22.0 Å². The van der Waals surface area contributed by atoms with Crippen molar-refractivity contribution in [2.75, 3.05) is 13.7 Å². The van der Waals surface area contributed by atoms with Crippen molar-refractivity contribution in [1.82, 2.24) is 0 Å². The van der Waals surface area contributed by atoms with Crippen LogP contribution in [0.3, 0.4) is 0 Å². The zero-order valence-electron chi connectivity index (χ0n) is 10.2. The van der Waals surface area contributed by atoms with Crippen LogP contribution in [-0.2, 0) is 10.5 Å². The second kappa shape index (κ2) is 5.02. The third kappa shape index (κ3) is 2.86. The molecule has 88 valence electrons. The van der Waals surface area contributed by atoms with Crippen LogP contribution < -0.4 is 4.74 Å². The summed E-state index contributed by atoms with van der Waals surface area (Å²) in [6, 6.07) is 10.8. The number of benzene rings is 1. The molecule has 1 aliphatic heterocycles. The maximum absolute atomic E-state index is 6.03. The van der Waals surface area contributed by atoms with E-state index in [0.29, 0.717) is 0 Å². The predicted octanol–water partition coefficient (Wildman–Crippen LogP) is 3.16. The van der Waals surface area contributed by atoms with E-state index in [1.165, 1.54) is 24.4 Å². The second-order valence-electron chi connectivity index (χ2n) is 4.78. The average molecular weight is 236 g/mol. The molecule has 0 N–H and O–H groups in total. The van der Waals surface area contributed by atoms with Gasteiger partial charge in [0.1, 0.15) is 5.75 Å². The summed E-state index contributed by atoms with van der Waals surface area (Å²) >= 11 is 0. The first kappa shape index (κ1) is 11.7. The molecule has 1 unspecified atom stereocenters. The lowest BCUT2D eigenvalue weighted by molar-refractivity contribution is 0.270. The number of methoxy groups -OCH3 is 1. The first-order chi connectivity index (χ1) is 7.72. The van der Waals surface area contributed by atoms with E-state index in [9.17, 15) is 0 Å². The van der Waals surface area contributed by atoms with Gasteiger partial charge in [-0.25, -0.2) is 0 Å². The molecule has 2 nitrogen and oxygen atoms in total. The molecule has 3 heteroatoms. The molecular weight excluding hydrogens is 216 g/mol. The highest BCUT2D eigenvalue weighted by molar-refractivity contribution is 6.72. The Balaban J connectivity index is 2.01. The molecule has 1 saturated heterocycles. The molecule has 1 aliphatic rings. The van der Waals surface area contributed by atoms with E-state index in [-0.39, 0.29) is 0 Å². The molecule has 1 heterocycles. The van der Waals surface area contributed by atoms with E-state index < -0.39 is 8.32 Å². The van der Waals surface area contributed by atoms with Gasteiger partial charge in [0.15, 0.2) is 8.32 Å². The average Bonchev–Trinajstić information content (AvgIpc) is 2.30.